The summed E-state index contributed by atoms with van der Waals surface area (Å²) in [7, 11) is 0. The summed E-state index contributed by atoms with van der Waals surface area (Å²) in [6, 6.07) is 8.37. The van der Waals surface area contributed by atoms with E-state index in [1.54, 1.807) is 12.1 Å². The Morgan fingerprint density at radius 1 is 1.20 bits per heavy atom. The first-order valence-corrected chi connectivity index (χ1v) is 8.49. The zero-order chi connectivity index (χ0) is 18.4. The molecule has 0 atom stereocenters. The number of rotatable bonds is 5. The third-order valence-electron chi connectivity index (χ3n) is 2.94. The van der Waals surface area contributed by atoms with E-state index in [1.807, 2.05) is 0 Å². The Bertz CT molecular complexity index is 820. The molecule has 0 bridgehead atoms. The number of benzene rings is 2. The largest absolute Gasteiger partial charge is 0.506 e. The maximum atomic E-state index is 13.0. The van der Waals surface area contributed by atoms with Gasteiger partial charge in [0, 0.05) is 5.56 Å². The Labute approximate surface area is 159 Å². The van der Waals surface area contributed by atoms with Crippen molar-refractivity contribution in [3.05, 3.63) is 62.3 Å². The number of hydrogen-bond donors (Lipinski definition) is 3. The molecule has 0 radical (unpaired) electrons. The number of nitrogens with one attached hydrogen (secondary N) is 2. The van der Waals surface area contributed by atoms with Crippen LogP contribution in [0.4, 0.5) is 4.39 Å². The Morgan fingerprint density at radius 2 is 1.88 bits per heavy atom. The van der Waals surface area contributed by atoms with Crippen molar-refractivity contribution in [2.24, 2.45) is 5.10 Å². The van der Waals surface area contributed by atoms with Crippen LogP contribution in [0.25, 0.3) is 0 Å². The van der Waals surface area contributed by atoms with E-state index in [2.05, 4.69) is 47.7 Å². The number of phenols is 1. The monoisotopic (exact) mass is 471 g/mol. The minimum absolute atomic E-state index is 0.0567. The van der Waals surface area contributed by atoms with Crippen LogP contribution in [-0.2, 0) is 4.79 Å². The van der Waals surface area contributed by atoms with E-state index in [1.165, 1.54) is 24.4 Å². The lowest BCUT2D eigenvalue weighted by molar-refractivity contribution is -0.120. The van der Waals surface area contributed by atoms with Crippen molar-refractivity contribution in [3.8, 4) is 5.75 Å². The van der Waals surface area contributed by atoms with Gasteiger partial charge in [0.15, 0.2) is 0 Å². The quantitative estimate of drug-likeness (QED) is 0.461. The summed E-state index contributed by atoms with van der Waals surface area (Å²) in [4.78, 5) is 23.4. The Morgan fingerprint density at radius 3 is 2.52 bits per heavy atom. The molecule has 2 aromatic carbocycles. The first-order chi connectivity index (χ1) is 11.9. The predicted molar refractivity (Wildman–Crippen MR) is 98.0 cm³/mol. The lowest BCUT2D eigenvalue weighted by Crippen LogP contribution is -2.34. The third-order valence-corrected chi connectivity index (χ3v) is 4.15. The molecule has 0 fully saturated rings. The fraction of sp³-hybridized carbons (Fsp3) is 0.0625. The predicted octanol–water partition coefficient (Wildman–Crippen LogP) is 2.94. The molecule has 0 aromatic heterocycles. The molecule has 0 unspecified atom stereocenters. The molecule has 0 saturated carbocycles. The highest BCUT2D eigenvalue weighted by molar-refractivity contribution is 9.11. The molecule has 25 heavy (non-hydrogen) atoms. The highest BCUT2D eigenvalue weighted by Gasteiger charge is 2.08. The molecule has 0 saturated heterocycles. The summed E-state index contributed by atoms with van der Waals surface area (Å²) in [5.41, 5.74) is 3.00. The molecular weight excluding hydrogens is 461 g/mol. The topological polar surface area (TPSA) is 90.8 Å². The van der Waals surface area contributed by atoms with Gasteiger partial charge in [-0.05, 0) is 67.8 Å². The second-order valence-electron chi connectivity index (χ2n) is 4.82. The van der Waals surface area contributed by atoms with Gasteiger partial charge in [-0.2, -0.15) is 5.10 Å². The molecule has 3 N–H and O–H groups in total. The van der Waals surface area contributed by atoms with Crippen molar-refractivity contribution in [1.82, 2.24) is 10.7 Å². The van der Waals surface area contributed by atoms with Crippen molar-refractivity contribution in [2.75, 3.05) is 6.54 Å². The number of hydrazone groups is 1. The Hall–Kier alpha value is -2.26. The van der Waals surface area contributed by atoms with Crippen LogP contribution in [0.1, 0.15) is 15.9 Å². The Kier molecular flexibility index (Phi) is 6.65. The van der Waals surface area contributed by atoms with Gasteiger partial charge in [-0.15, -0.1) is 0 Å². The van der Waals surface area contributed by atoms with Crippen molar-refractivity contribution < 1.29 is 19.1 Å². The van der Waals surface area contributed by atoms with Crippen molar-refractivity contribution in [3.63, 3.8) is 0 Å². The lowest BCUT2D eigenvalue weighted by Gasteiger charge is -2.04. The minimum Gasteiger partial charge on any atom is -0.506 e. The highest BCUT2D eigenvalue weighted by atomic mass is 79.9. The smallest absolute Gasteiger partial charge is 0.259 e. The maximum Gasteiger partial charge on any atom is 0.259 e. The van der Waals surface area contributed by atoms with Crippen LogP contribution < -0.4 is 10.7 Å². The maximum absolute atomic E-state index is 13.0. The average molecular weight is 473 g/mol. The van der Waals surface area contributed by atoms with Crippen molar-refractivity contribution in [1.29, 1.82) is 0 Å². The number of halogens is 3. The zero-order valence-electron chi connectivity index (χ0n) is 12.6. The molecule has 0 aliphatic heterocycles. The van der Waals surface area contributed by atoms with Gasteiger partial charge >= 0.3 is 0 Å². The summed E-state index contributed by atoms with van der Waals surface area (Å²) >= 11 is 6.37. The van der Waals surface area contributed by atoms with Crippen LogP contribution in [-0.4, -0.2) is 29.7 Å². The van der Waals surface area contributed by atoms with Crippen molar-refractivity contribution in [2.45, 2.75) is 0 Å². The van der Waals surface area contributed by atoms with Gasteiger partial charge in [-0.25, -0.2) is 9.82 Å². The van der Waals surface area contributed by atoms with Gasteiger partial charge in [0.2, 0.25) is 0 Å². The molecule has 0 aliphatic carbocycles. The normalized spacial score (nSPS) is 10.7. The minimum atomic E-state index is -0.565. The van der Waals surface area contributed by atoms with E-state index in [4.69, 9.17) is 0 Å². The fourth-order valence-corrected chi connectivity index (χ4v) is 2.99. The zero-order valence-corrected chi connectivity index (χ0v) is 15.8. The molecule has 0 spiro atoms. The molecule has 0 heterocycles. The highest BCUT2D eigenvalue weighted by Crippen LogP contribution is 2.32. The number of amides is 2. The number of aromatic hydroxyl groups is 1. The second kappa shape index (κ2) is 8.72. The summed E-state index contributed by atoms with van der Waals surface area (Å²) in [5.74, 6) is -1.59. The molecule has 6 nitrogen and oxygen atoms in total. The van der Waals surface area contributed by atoms with E-state index < -0.39 is 17.6 Å². The summed E-state index contributed by atoms with van der Waals surface area (Å²) < 4.78 is 14.0. The van der Waals surface area contributed by atoms with Crippen LogP contribution in [0.15, 0.2) is 50.4 Å². The number of carbonyl (C=O) groups is 2. The number of nitrogens with zero attached hydrogens (tertiary/aromatic N) is 1. The number of phenolic OH excluding ortho intramolecular Hbond substituents is 1. The molecule has 0 aliphatic rings. The van der Waals surface area contributed by atoms with Gasteiger partial charge in [0.25, 0.3) is 11.8 Å². The van der Waals surface area contributed by atoms with Gasteiger partial charge < -0.3 is 10.4 Å². The van der Waals surface area contributed by atoms with Gasteiger partial charge in [0.1, 0.15) is 11.6 Å². The van der Waals surface area contributed by atoms with E-state index >= 15 is 0 Å². The van der Waals surface area contributed by atoms with Crippen LogP contribution >= 0.6 is 31.9 Å². The van der Waals surface area contributed by atoms with E-state index in [0.29, 0.717) is 14.5 Å². The summed E-state index contributed by atoms with van der Waals surface area (Å²) in [5, 5.41) is 15.7. The van der Waals surface area contributed by atoms with Gasteiger partial charge in [0.05, 0.1) is 21.7 Å². The number of hydrogen-bond acceptors (Lipinski definition) is 4. The first kappa shape index (κ1) is 19.1. The van der Waals surface area contributed by atoms with Crippen LogP contribution in [0.5, 0.6) is 5.75 Å². The molecule has 9 heteroatoms. The lowest BCUT2D eigenvalue weighted by atomic mass is 10.2. The van der Waals surface area contributed by atoms with Gasteiger partial charge in [-0.1, -0.05) is 6.07 Å². The van der Waals surface area contributed by atoms with Gasteiger partial charge in [-0.3, -0.25) is 9.59 Å². The molecular formula is C16H12Br2FN3O3. The van der Waals surface area contributed by atoms with Crippen LogP contribution in [0, 0.1) is 5.82 Å². The number of carbonyl (C=O) groups excluding carboxylic acids is 2. The summed E-state index contributed by atoms with van der Waals surface area (Å²) in [6.07, 6.45) is 1.38. The SMILES string of the molecule is O=C(CNC(=O)c1cccc(F)c1)N/N=C\c1cc(Br)c(O)c(Br)c1. The fourth-order valence-electron chi connectivity index (χ4n) is 1.77. The van der Waals surface area contributed by atoms with E-state index in [-0.39, 0.29) is 17.9 Å². The van der Waals surface area contributed by atoms with Crippen LogP contribution in [0.2, 0.25) is 0 Å². The second-order valence-corrected chi connectivity index (χ2v) is 6.53. The third kappa shape index (κ3) is 5.64. The first-order valence-electron chi connectivity index (χ1n) is 6.90. The standard InChI is InChI=1S/C16H12Br2FN3O3/c17-12-4-9(5-13(18)15(12)24)7-21-22-14(23)8-20-16(25)10-2-1-3-11(19)6-10/h1-7,24H,8H2,(H,20,25)(H,22,23)/b21-7-. The average Bonchev–Trinajstić information content (AvgIpc) is 2.57. The molecule has 130 valence electrons. The van der Waals surface area contributed by atoms with Crippen LogP contribution in [0.3, 0.4) is 0 Å². The molecule has 2 amide bonds. The Balaban J connectivity index is 1.85. The van der Waals surface area contributed by atoms with E-state index in [9.17, 15) is 19.1 Å². The van der Waals surface area contributed by atoms with E-state index in [0.717, 1.165) is 6.07 Å². The van der Waals surface area contributed by atoms with Crippen molar-refractivity contribution >= 4 is 49.9 Å². The summed E-state index contributed by atoms with van der Waals surface area (Å²) in [6.45, 7) is -0.310. The molecule has 2 aromatic rings. The molecule has 2 rings (SSSR count).